The molecule has 1 heteroatoms. The van der Waals surface area contributed by atoms with E-state index in [1.807, 2.05) is 0 Å². The number of fused-ring (bicyclic) bond motifs is 1. The molecule has 0 atom stereocenters. The third-order valence-corrected chi connectivity index (χ3v) is 2.77. The molecule has 1 aliphatic heterocycles. The van der Waals surface area contributed by atoms with Crippen LogP contribution in [0.25, 0.3) is 0 Å². The van der Waals surface area contributed by atoms with Crippen molar-refractivity contribution >= 4 is 5.69 Å². The molecule has 1 nitrogen and oxygen atoms in total. The molecule has 0 amide bonds. The van der Waals surface area contributed by atoms with E-state index < -0.39 is 0 Å². The Bertz CT molecular complexity index is 375. The van der Waals surface area contributed by atoms with Crippen LogP contribution in [0.3, 0.4) is 0 Å². The summed E-state index contributed by atoms with van der Waals surface area (Å²) in [5.41, 5.74) is 6.82. The van der Waals surface area contributed by atoms with E-state index in [0.717, 1.165) is 6.42 Å². The summed E-state index contributed by atoms with van der Waals surface area (Å²) in [7, 11) is 0. The molecule has 68 valence electrons. The van der Waals surface area contributed by atoms with Gasteiger partial charge in [-0.2, -0.15) is 0 Å². The molecule has 2 rings (SSSR count). The van der Waals surface area contributed by atoms with Gasteiger partial charge >= 0.3 is 0 Å². The van der Waals surface area contributed by atoms with Gasteiger partial charge in [-0.25, -0.2) is 0 Å². The highest BCUT2D eigenvalue weighted by molar-refractivity contribution is 5.64. The van der Waals surface area contributed by atoms with Gasteiger partial charge < -0.3 is 5.32 Å². The molecule has 0 aliphatic carbocycles. The largest absolute Gasteiger partial charge is 0.359 e. The smallest absolute Gasteiger partial charge is 0.0447 e. The molecule has 1 aromatic rings. The maximum absolute atomic E-state index is 3.46. The van der Waals surface area contributed by atoms with E-state index in [1.54, 1.807) is 0 Å². The third kappa shape index (κ3) is 1.35. The molecular weight excluding hydrogens is 158 g/mol. The molecular formula is C12H15N. The van der Waals surface area contributed by atoms with Crippen LogP contribution >= 0.6 is 0 Å². The lowest BCUT2D eigenvalue weighted by molar-refractivity contribution is 1.05. The molecule has 0 saturated carbocycles. The second-order valence-corrected chi connectivity index (χ2v) is 3.82. The second-order valence-electron chi connectivity index (χ2n) is 3.82. The zero-order chi connectivity index (χ0) is 9.42. The highest BCUT2D eigenvalue weighted by atomic mass is 14.9. The Balaban J connectivity index is 2.50. The minimum atomic E-state index is 1.09. The number of allylic oxidation sites excluding steroid dienone is 2. The Morgan fingerprint density at radius 3 is 2.69 bits per heavy atom. The van der Waals surface area contributed by atoms with Gasteiger partial charge in [0.05, 0.1) is 0 Å². The number of para-hydroxylation sites is 1. The summed E-state index contributed by atoms with van der Waals surface area (Å²) in [5.74, 6) is 0. The zero-order valence-electron chi connectivity index (χ0n) is 8.44. The molecule has 0 fully saturated rings. The molecule has 1 N–H and O–H groups in total. The lowest BCUT2D eigenvalue weighted by Gasteiger charge is -2.22. The number of anilines is 1. The molecule has 0 saturated heterocycles. The van der Waals surface area contributed by atoms with Gasteiger partial charge in [-0.3, -0.25) is 0 Å². The first kappa shape index (κ1) is 8.36. The minimum absolute atomic E-state index is 1.09. The van der Waals surface area contributed by atoms with Gasteiger partial charge in [-0.15, -0.1) is 0 Å². The van der Waals surface area contributed by atoms with E-state index in [9.17, 15) is 0 Å². The lowest BCUT2D eigenvalue weighted by Crippen LogP contribution is -2.10. The van der Waals surface area contributed by atoms with Gasteiger partial charge in [0, 0.05) is 11.4 Å². The van der Waals surface area contributed by atoms with Crippen molar-refractivity contribution in [2.75, 3.05) is 5.32 Å². The Morgan fingerprint density at radius 2 is 1.92 bits per heavy atom. The molecule has 0 aromatic heterocycles. The molecule has 1 aliphatic rings. The SMILES string of the molecule is CC1=C(C)Nc2c(C)cccc2C1. The van der Waals surface area contributed by atoms with Crippen molar-refractivity contribution in [1.29, 1.82) is 0 Å². The summed E-state index contributed by atoms with van der Waals surface area (Å²) in [6.07, 6.45) is 1.09. The Labute approximate surface area is 79.5 Å². The van der Waals surface area contributed by atoms with Crippen molar-refractivity contribution in [3.63, 3.8) is 0 Å². The van der Waals surface area contributed by atoms with Crippen molar-refractivity contribution in [2.45, 2.75) is 27.2 Å². The fourth-order valence-electron chi connectivity index (χ4n) is 1.77. The standard InChI is InChI=1S/C12H15N/c1-8-5-4-6-11-7-9(2)10(3)13-12(8)11/h4-6,13H,7H2,1-3H3. The third-order valence-electron chi connectivity index (χ3n) is 2.77. The van der Waals surface area contributed by atoms with Crippen LogP contribution < -0.4 is 5.32 Å². The summed E-state index contributed by atoms with van der Waals surface area (Å²) in [5, 5.41) is 3.46. The van der Waals surface area contributed by atoms with Crippen molar-refractivity contribution in [3.05, 3.63) is 40.6 Å². The molecule has 0 bridgehead atoms. The summed E-state index contributed by atoms with van der Waals surface area (Å²) >= 11 is 0. The zero-order valence-corrected chi connectivity index (χ0v) is 8.44. The molecule has 0 radical (unpaired) electrons. The Hall–Kier alpha value is -1.24. The van der Waals surface area contributed by atoms with Crippen molar-refractivity contribution < 1.29 is 0 Å². The van der Waals surface area contributed by atoms with Crippen LogP contribution in [0.15, 0.2) is 29.5 Å². The van der Waals surface area contributed by atoms with Crippen LogP contribution in [-0.2, 0) is 6.42 Å². The number of hydrogen-bond acceptors (Lipinski definition) is 1. The fraction of sp³-hybridized carbons (Fsp3) is 0.333. The first-order chi connectivity index (χ1) is 6.18. The molecule has 1 aromatic carbocycles. The van der Waals surface area contributed by atoms with Gasteiger partial charge in [0.1, 0.15) is 0 Å². The van der Waals surface area contributed by atoms with E-state index in [2.05, 4.69) is 44.3 Å². The van der Waals surface area contributed by atoms with Crippen LogP contribution in [0.2, 0.25) is 0 Å². The number of hydrogen-bond donors (Lipinski definition) is 1. The molecule has 0 unspecified atom stereocenters. The summed E-state index contributed by atoms with van der Waals surface area (Å²) < 4.78 is 0. The van der Waals surface area contributed by atoms with Crippen molar-refractivity contribution in [1.82, 2.24) is 0 Å². The minimum Gasteiger partial charge on any atom is -0.359 e. The predicted molar refractivity (Wildman–Crippen MR) is 56.9 cm³/mol. The van der Waals surface area contributed by atoms with E-state index >= 15 is 0 Å². The molecule has 13 heavy (non-hydrogen) atoms. The number of rotatable bonds is 0. The number of benzene rings is 1. The highest BCUT2D eigenvalue weighted by Gasteiger charge is 2.12. The normalized spacial score (nSPS) is 15.3. The Morgan fingerprint density at radius 1 is 1.15 bits per heavy atom. The summed E-state index contributed by atoms with van der Waals surface area (Å²) in [6, 6.07) is 6.48. The highest BCUT2D eigenvalue weighted by Crippen LogP contribution is 2.29. The lowest BCUT2D eigenvalue weighted by atomic mass is 9.96. The van der Waals surface area contributed by atoms with Gasteiger partial charge in [-0.1, -0.05) is 18.2 Å². The quantitative estimate of drug-likeness (QED) is 0.635. The topological polar surface area (TPSA) is 12.0 Å². The van der Waals surface area contributed by atoms with Gasteiger partial charge in [0.2, 0.25) is 0 Å². The van der Waals surface area contributed by atoms with E-state index in [4.69, 9.17) is 0 Å². The number of aryl methyl sites for hydroxylation is 1. The molecule has 0 spiro atoms. The van der Waals surface area contributed by atoms with E-state index in [1.165, 1.54) is 28.1 Å². The van der Waals surface area contributed by atoms with Crippen LogP contribution in [0.5, 0.6) is 0 Å². The van der Waals surface area contributed by atoms with E-state index in [-0.39, 0.29) is 0 Å². The molecule has 1 heterocycles. The predicted octanol–water partition coefficient (Wildman–Crippen LogP) is 3.26. The monoisotopic (exact) mass is 173 g/mol. The van der Waals surface area contributed by atoms with Gasteiger partial charge in [-0.05, 0) is 43.9 Å². The van der Waals surface area contributed by atoms with Crippen molar-refractivity contribution in [3.8, 4) is 0 Å². The summed E-state index contributed by atoms with van der Waals surface area (Å²) in [6.45, 7) is 6.48. The maximum Gasteiger partial charge on any atom is 0.0447 e. The number of nitrogens with one attached hydrogen (secondary N) is 1. The first-order valence-corrected chi connectivity index (χ1v) is 4.70. The Kier molecular flexibility index (Phi) is 1.87. The van der Waals surface area contributed by atoms with Crippen LogP contribution in [0, 0.1) is 6.92 Å². The summed E-state index contributed by atoms with van der Waals surface area (Å²) in [4.78, 5) is 0. The second kappa shape index (κ2) is 2.91. The van der Waals surface area contributed by atoms with Crippen molar-refractivity contribution in [2.24, 2.45) is 0 Å². The average Bonchev–Trinajstić information content (AvgIpc) is 2.09. The van der Waals surface area contributed by atoms with E-state index in [0.29, 0.717) is 0 Å². The average molecular weight is 173 g/mol. The van der Waals surface area contributed by atoms with Gasteiger partial charge in [0.25, 0.3) is 0 Å². The van der Waals surface area contributed by atoms with Gasteiger partial charge in [0.15, 0.2) is 0 Å². The van der Waals surface area contributed by atoms with Crippen LogP contribution in [0.4, 0.5) is 5.69 Å². The van der Waals surface area contributed by atoms with Crippen LogP contribution in [0.1, 0.15) is 25.0 Å². The first-order valence-electron chi connectivity index (χ1n) is 4.70. The fourth-order valence-corrected chi connectivity index (χ4v) is 1.77. The maximum atomic E-state index is 3.46. The van der Waals surface area contributed by atoms with Crippen LogP contribution in [-0.4, -0.2) is 0 Å².